The van der Waals surface area contributed by atoms with Crippen molar-refractivity contribution in [1.29, 1.82) is 0 Å². The van der Waals surface area contributed by atoms with Crippen LogP contribution in [0.15, 0.2) is 48.5 Å². The summed E-state index contributed by atoms with van der Waals surface area (Å²) in [5.74, 6) is 0.385. The maximum Gasteiger partial charge on any atom is 0.243 e. The van der Waals surface area contributed by atoms with Gasteiger partial charge in [0.15, 0.2) is 0 Å². The Morgan fingerprint density at radius 3 is 2.29 bits per heavy atom. The van der Waals surface area contributed by atoms with E-state index < -0.39 is 0 Å². The Hall–Kier alpha value is -2.29. The molecule has 0 saturated heterocycles. The molecular weight excluding hydrogens is 260 g/mol. The molecule has 0 aliphatic rings. The monoisotopic (exact) mass is 282 g/mol. The van der Waals surface area contributed by atoms with Crippen molar-refractivity contribution in [2.75, 3.05) is 17.2 Å². The van der Waals surface area contributed by atoms with E-state index in [0.29, 0.717) is 5.92 Å². The molecule has 3 nitrogen and oxygen atoms in total. The number of aryl methyl sites for hydroxylation is 1. The summed E-state index contributed by atoms with van der Waals surface area (Å²) in [4.78, 5) is 12.0. The number of para-hydroxylation sites is 2. The highest BCUT2D eigenvalue weighted by Gasteiger charge is 2.08. The van der Waals surface area contributed by atoms with Crippen LogP contribution in [-0.4, -0.2) is 12.5 Å². The number of hydrogen-bond donors (Lipinski definition) is 2. The van der Waals surface area contributed by atoms with Crippen LogP contribution in [-0.2, 0) is 4.79 Å². The molecule has 0 aliphatic heterocycles. The Morgan fingerprint density at radius 1 is 1.00 bits per heavy atom. The molecule has 0 atom stereocenters. The second-order valence-electron chi connectivity index (χ2n) is 5.46. The number of anilines is 2. The van der Waals surface area contributed by atoms with E-state index in [1.165, 1.54) is 5.56 Å². The minimum absolute atomic E-state index is 0.0390. The zero-order chi connectivity index (χ0) is 15.2. The molecule has 110 valence electrons. The fourth-order valence-electron chi connectivity index (χ4n) is 2.24. The summed E-state index contributed by atoms with van der Waals surface area (Å²) in [7, 11) is 0. The van der Waals surface area contributed by atoms with Crippen molar-refractivity contribution >= 4 is 17.3 Å². The largest absolute Gasteiger partial charge is 0.376 e. The molecule has 0 radical (unpaired) electrons. The van der Waals surface area contributed by atoms with Crippen LogP contribution in [0, 0.1) is 6.92 Å². The number of hydrogen-bond acceptors (Lipinski definition) is 2. The van der Waals surface area contributed by atoms with E-state index in [-0.39, 0.29) is 12.5 Å². The van der Waals surface area contributed by atoms with Gasteiger partial charge in [-0.2, -0.15) is 0 Å². The summed E-state index contributed by atoms with van der Waals surface area (Å²) in [5.41, 5.74) is 4.17. The molecule has 0 aromatic heterocycles. The zero-order valence-corrected chi connectivity index (χ0v) is 12.8. The summed E-state index contributed by atoms with van der Waals surface area (Å²) in [6, 6.07) is 15.9. The quantitative estimate of drug-likeness (QED) is 0.864. The van der Waals surface area contributed by atoms with Crippen molar-refractivity contribution in [3.05, 3.63) is 59.7 Å². The first kappa shape index (κ1) is 15.1. The molecule has 2 rings (SSSR count). The molecule has 3 heteroatoms. The maximum absolute atomic E-state index is 12.0. The maximum atomic E-state index is 12.0. The Balaban J connectivity index is 1.97. The summed E-state index contributed by atoms with van der Waals surface area (Å²) >= 11 is 0. The number of carbonyl (C=O) groups is 1. The first-order valence-electron chi connectivity index (χ1n) is 7.26. The smallest absolute Gasteiger partial charge is 0.243 e. The molecule has 0 saturated carbocycles. The third-order valence-corrected chi connectivity index (χ3v) is 3.44. The average molecular weight is 282 g/mol. The van der Waals surface area contributed by atoms with Gasteiger partial charge in [0.2, 0.25) is 5.91 Å². The van der Waals surface area contributed by atoms with Crippen LogP contribution in [0.1, 0.15) is 30.9 Å². The summed E-state index contributed by atoms with van der Waals surface area (Å²) in [6.07, 6.45) is 0. The molecule has 2 aromatic rings. The van der Waals surface area contributed by atoms with Crippen LogP contribution in [0.5, 0.6) is 0 Å². The van der Waals surface area contributed by atoms with Gasteiger partial charge in [-0.15, -0.1) is 0 Å². The number of rotatable bonds is 5. The molecule has 1 amide bonds. The lowest BCUT2D eigenvalue weighted by molar-refractivity contribution is -0.114. The molecule has 0 aliphatic carbocycles. The highest BCUT2D eigenvalue weighted by atomic mass is 16.1. The van der Waals surface area contributed by atoms with Crippen LogP contribution in [0.3, 0.4) is 0 Å². The second kappa shape index (κ2) is 6.93. The van der Waals surface area contributed by atoms with Gasteiger partial charge in [-0.05, 0) is 36.1 Å². The van der Waals surface area contributed by atoms with Gasteiger partial charge in [-0.1, -0.05) is 50.2 Å². The van der Waals surface area contributed by atoms with E-state index >= 15 is 0 Å². The van der Waals surface area contributed by atoms with Crippen LogP contribution in [0.25, 0.3) is 0 Å². The van der Waals surface area contributed by atoms with Crippen LogP contribution in [0.2, 0.25) is 0 Å². The molecule has 0 fully saturated rings. The normalized spacial score (nSPS) is 10.5. The van der Waals surface area contributed by atoms with Crippen LogP contribution >= 0.6 is 0 Å². The third kappa shape index (κ3) is 4.09. The molecule has 0 bridgehead atoms. The Kier molecular flexibility index (Phi) is 4.99. The standard InChI is InChI=1S/C18H22N2O/c1-13(2)15-9-5-7-11-17(15)19-12-18(21)20-16-10-6-4-8-14(16)3/h4-11,13,19H,12H2,1-3H3,(H,20,21). The van der Waals surface area contributed by atoms with E-state index in [1.807, 2.05) is 49.4 Å². The van der Waals surface area contributed by atoms with Gasteiger partial charge < -0.3 is 10.6 Å². The van der Waals surface area contributed by atoms with E-state index in [1.54, 1.807) is 0 Å². The number of amides is 1. The summed E-state index contributed by atoms with van der Waals surface area (Å²) < 4.78 is 0. The minimum atomic E-state index is -0.0390. The lowest BCUT2D eigenvalue weighted by Crippen LogP contribution is -2.22. The Labute approximate surface area is 126 Å². The first-order valence-corrected chi connectivity index (χ1v) is 7.26. The number of carbonyl (C=O) groups excluding carboxylic acids is 1. The number of benzene rings is 2. The number of nitrogens with one attached hydrogen (secondary N) is 2. The highest BCUT2D eigenvalue weighted by Crippen LogP contribution is 2.23. The molecule has 2 N–H and O–H groups in total. The van der Waals surface area contributed by atoms with E-state index in [4.69, 9.17) is 0 Å². The summed E-state index contributed by atoms with van der Waals surface area (Å²) in [5, 5.41) is 6.15. The van der Waals surface area contributed by atoms with Gasteiger partial charge >= 0.3 is 0 Å². The van der Waals surface area contributed by atoms with Crippen molar-refractivity contribution in [2.24, 2.45) is 0 Å². The van der Waals surface area contributed by atoms with Gasteiger partial charge in [-0.25, -0.2) is 0 Å². The lowest BCUT2D eigenvalue weighted by Gasteiger charge is -2.14. The van der Waals surface area contributed by atoms with Crippen molar-refractivity contribution in [3.63, 3.8) is 0 Å². The molecular formula is C18H22N2O. The first-order chi connectivity index (χ1) is 10.1. The predicted octanol–water partition coefficient (Wildman–Crippen LogP) is 4.17. The second-order valence-corrected chi connectivity index (χ2v) is 5.46. The Morgan fingerprint density at radius 2 is 1.62 bits per heavy atom. The average Bonchev–Trinajstić information content (AvgIpc) is 2.48. The highest BCUT2D eigenvalue weighted by molar-refractivity contribution is 5.94. The predicted molar refractivity (Wildman–Crippen MR) is 88.8 cm³/mol. The van der Waals surface area contributed by atoms with Crippen molar-refractivity contribution in [1.82, 2.24) is 0 Å². The van der Waals surface area contributed by atoms with Gasteiger partial charge in [0.25, 0.3) is 0 Å². The fraction of sp³-hybridized carbons (Fsp3) is 0.278. The van der Waals surface area contributed by atoms with Crippen molar-refractivity contribution in [3.8, 4) is 0 Å². The van der Waals surface area contributed by atoms with Gasteiger partial charge in [-0.3, -0.25) is 4.79 Å². The minimum Gasteiger partial charge on any atom is -0.376 e. The van der Waals surface area contributed by atoms with Gasteiger partial charge in [0.05, 0.1) is 6.54 Å². The van der Waals surface area contributed by atoms with Crippen LogP contribution in [0.4, 0.5) is 11.4 Å². The van der Waals surface area contributed by atoms with Crippen LogP contribution < -0.4 is 10.6 Å². The Bertz CT molecular complexity index is 620. The van der Waals surface area contributed by atoms with Crippen molar-refractivity contribution < 1.29 is 4.79 Å². The van der Waals surface area contributed by atoms with Crippen molar-refractivity contribution in [2.45, 2.75) is 26.7 Å². The SMILES string of the molecule is Cc1ccccc1NC(=O)CNc1ccccc1C(C)C. The van der Waals surface area contributed by atoms with Gasteiger partial charge in [0, 0.05) is 11.4 Å². The molecule has 2 aromatic carbocycles. The molecule has 21 heavy (non-hydrogen) atoms. The molecule has 0 heterocycles. The van der Waals surface area contributed by atoms with Gasteiger partial charge in [0.1, 0.15) is 0 Å². The zero-order valence-electron chi connectivity index (χ0n) is 12.8. The summed E-state index contributed by atoms with van der Waals surface area (Å²) in [6.45, 7) is 6.54. The van der Waals surface area contributed by atoms with E-state index in [9.17, 15) is 4.79 Å². The molecule has 0 unspecified atom stereocenters. The lowest BCUT2D eigenvalue weighted by atomic mass is 10.0. The topological polar surface area (TPSA) is 41.1 Å². The van der Waals surface area contributed by atoms with E-state index in [0.717, 1.165) is 16.9 Å². The fourth-order valence-corrected chi connectivity index (χ4v) is 2.24. The molecule has 0 spiro atoms. The van der Waals surface area contributed by atoms with E-state index in [2.05, 4.69) is 30.5 Å². The third-order valence-electron chi connectivity index (χ3n) is 3.44.